The van der Waals surface area contributed by atoms with E-state index < -0.39 is 0 Å². The highest BCUT2D eigenvalue weighted by atomic mass is 16.1. The maximum atomic E-state index is 11.4. The number of nitrogens with zero attached hydrogens (tertiary/aromatic N) is 3. The molecule has 1 rings (SSSR count). The molecule has 1 amide bonds. The van der Waals surface area contributed by atoms with Crippen LogP contribution < -0.4 is 5.32 Å². The largest absolute Gasteiger partial charge is 0.323 e. The normalized spacial score (nSPS) is 10.9. The Kier molecular flexibility index (Phi) is 6.43. The summed E-state index contributed by atoms with van der Waals surface area (Å²) in [6.45, 7) is 10.2. The van der Waals surface area contributed by atoms with Gasteiger partial charge in [-0.1, -0.05) is 20.8 Å². The van der Waals surface area contributed by atoms with Crippen LogP contribution in [0.4, 0.5) is 5.69 Å². The van der Waals surface area contributed by atoms with Gasteiger partial charge in [0.1, 0.15) is 0 Å². The fraction of sp³-hybridized carbons (Fsp3) is 0.692. The lowest BCUT2D eigenvalue weighted by molar-refractivity contribution is -0.116. The van der Waals surface area contributed by atoms with Crippen LogP contribution in [0.1, 0.15) is 33.6 Å². The monoisotopic (exact) mass is 252 g/mol. The van der Waals surface area contributed by atoms with Crippen molar-refractivity contribution in [2.45, 2.75) is 40.2 Å². The van der Waals surface area contributed by atoms with Crippen LogP contribution >= 0.6 is 0 Å². The van der Waals surface area contributed by atoms with E-state index in [4.69, 9.17) is 0 Å². The van der Waals surface area contributed by atoms with Gasteiger partial charge in [0, 0.05) is 19.2 Å². The Hall–Kier alpha value is -1.36. The standard InChI is InChI=1S/C13H24N4O/c1-4-7-13(18)15-12-10-14-17(11-12)9-8-16(5-2)6-3/h10-11H,4-9H2,1-3H3,(H,15,18). The number of anilines is 1. The molecule has 0 aliphatic carbocycles. The summed E-state index contributed by atoms with van der Waals surface area (Å²) in [6, 6.07) is 0. The molecule has 1 heterocycles. The molecule has 1 aromatic heterocycles. The molecule has 0 aliphatic heterocycles. The van der Waals surface area contributed by atoms with E-state index in [-0.39, 0.29) is 5.91 Å². The van der Waals surface area contributed by atoms with Gasteiger partial charge in [-0.15, -0.1) is 0 Å². The lowest BCUT2D eigenvalue weighted by Crippen LogP contribution is -2.27. The summed E-state index contributed by atoms with van der Waals surface area (Å²) in [5.41, 5.74) is 0.785. The van der Waals surface area contributed by atoms with Crippen LogP contribution in [0.2, 0.25) is 0 Å². The zero-order valence-corrected chi connectivity index (χ0v) is 11.6. The maximum absolute atomic E-state index is 11.4. The number of carbonyl (C=O) groups excluding carboxylic acids is 1. The molecule has 0 fully saturated rings. The van der Waals surface area contributed by atoms with Crippen molar-refractivity contribution >= 4 is 11.6 Å². The van der Waals surface area contributed by atoms with Crippen LogP contribution in [0.3, 0.4) is 0 Å². The van der Waals surface area contributed by atoms with Gasteiger partial charge < -0.3 is 10.2 Å². The van der Waals surface area contributed by atoms with Gasteiger partial charge in [0.05, 0.1) is 18.4 Å². The van der Waals surface area contributed by atoms with E-state index in [1.54, 1.807) is 6.20 Å². The number of nitrogens with one attached hydrogen (secondary N) is 1. The van der Waals surface area contributed by atoms with Gasteiger partial charge in [0.2, 0.25) is 5.91 Å². The molecular weight excluding hydrogens is 228 g/mol. The van der Waals surface area contributed by atoms with Gasteiger partial charge in [-0.3, -0.25) is 9.48 Å². The number of hydrogen-bond donors (Lipinski definition) is 1. The van der Waals surface area contributed by atoms with E-state index in [0.717, 1.165) is 38.3 Å². The molecule has 18 heavy (non-hydrogen) atoms. The third kappa shape index (κ3) is 4.87. The summed E-state index contributed by atoms with van der Waals surface area (Å²) in [5, 5.41) is 7.09. The summed E-state index contributed by atoms with van der Waals surface area (Å²) < 4.78 is 1.87. The van der Waals surface area contributed by atoms with Gasteiger partial charge >= 0.3 is 0 Å². The summed E-state index contributed by atoms with van der Waals surface area (Å²) in [7, 11) is 0. The smallest absolute Gasteiger partial charge is 0.224 e. The van der Waals surface area contributed by atoms with Crippen molar-refractivity contribution in [3.05, 3.63) is 12.4 Å². The SMILES string of the molecule is CCCC(=O)Nc1cnn(CCN(CC)CC)c1. The van der Waals surface area contributed by atoms with Crippen LogP contribution in [0.15, 0.2) is 12.4 Å². The van der Waals surface area contributed by atoms with Crippen molar-refractivity contribution in [3.8, 4) is 0 Å². The lowest BCUT2D eigenvalue weighted by Gasteiger charge is -2.17. The number of rotatable bonds is 8. The Morgan fingerprint density at radius 3 is 2.72 bits per heavy atom. The molecule has 0 unspecified atom stereocenters. The van der Waals surface area contributed by atoms with Crippen LogP contribution in [0.25, 0.3) is 0 Å². The molecule has 0 aliphatic rings. The van der Waals surface area contributed by atoms with Gasteiger partial charge in [-0.2, -0.15) is 5.10 Å². The minimum absolute atomic E-state index is 0.0563. The third-order valence-corrected chi connectivity index (χ3v) is 2.93. The molecule has 1 aromatic rings. The van der Waals surface area contributed by atoms with Crippen molar-refractivity contribution in [1.82, 2.24) is 14.7 Å². The molecule has 0 aromatic carbocycles. The average Bonchev–Trinajstić information content (AvgIpc) is 2.78. The fourth-order valence-electron chi connectivity index (χ4n) is 1.78. The van der Waals surface area contributed by atoms with Gasteiger partial charge in [-0.05, 0) is 19.5 Å². The highest BCUT2D eigenvalue weighted by Crippen LogP contribution is 2.06. The van der Waals surface area contributed by atoms with Crippen molar-refractivity contribution < 1.29 is 4.79 Å². The Bertz CT molecular complexity index is 358. The van der Waals surface area contributed by atoms with E-state index in [9.17, 15) is 4.79 Å². The van der Waals surface area contributed by atoms with E-state index in [1.165, 1.54) is 0 Å². The van der Waals surface area contributed by atoms with Crippen molar-refractivity contribution in [2.75, 3.05) is 25.0 Å². The number of carbonyl (C=O) groups is 1. The minimum Gasteiger partial charge on any atom is -0.323 e. The zero-order chi connectivity index (χ0) is 13.4. The van der Waals surface area contributed by atoms with Gasteiger partial charge in [-0.25, -0.2) is 0 Å². The molecule has 0 spiro atoms. The molecule has 0 radical (unpaired) electrons. The Morgan fingerprint density at radius 2 is 2.11 bits per heavy atom. The minimum atomic E-state index is 0.0563. The summed E-state index contributed by atoms with van der Waals surface area (Å²) in [6.07, 6.45) is 5.01. The Morgan fingerprint density at radius 1 is 1.39 bits per heavy atom. The predicted molar refractivity (Wildman–Crippen MR) is 73.6 cm³/mol. The van der Waals surface area contributed by atoms with Crippen LogP contribution in [-0.4, -0.2) is 40.2 Å². The lowest BCUT2D eigenvalue weighted by atomic mass is 10.3. The van der Waals surface area contributed by atoms with E-state index in [2.05, 4.69) is 29.2 Å². The molecule has 0 saturated heterocycles. The van der Waals surface area contributed by atoms with Crippen LogP contribution in [-0.2, 0) is 11.3 Å². The number of aromatic nitrogens is 2. The molecule has 0 saturated carbocycles. The van der Waals surface area contributed by atoms with E-state index in [1.807, 2.05) is 17.8 Å². The van der Waals surface area contributed by atoms with Crippen molar-refractivity contribution in [2.24, 2.45) is 0 Å². The van der Waals surface area contributed by atoms with E-state index in [0.29, 0.717) is 6.42 Å². The second kappa shape index (κ2) is 7.87. The Balaban J connectivity index is 2.40. The van der Waals surface area contributed by atoms with Crippen LogP contribution in [0.5, 0.6) is 0 Å². The Labute approximate surface area is 109 Å². The molecule has 102 valence electrons. The molecule has 5 heteroatoms. The molecule has 0 bridgehead atoms. The van der Waals surface area contributed by atoms with Crippen LogP contribution in [0, 0.1) is 0 Å². The van der Waals surface area contributed by atoms with Crippen molar-refractivity contribution in [3.63, 3.8) is 0 Å². The second-order valence-electron chi connectivity index (χ2n) is 4.32. The summed E-state index contributed by atoms with van der Waals surface area (Å²) in [5.74, 6) is 0.0563. The van der Waals surface area contributed by atoms with Crippen molar-refractivity contribution in [1.29, 1.82) is 0 Å². The summed E-state index contributed by atoms with van der Waals surface area (Å²) >= 11 is 0. The molecule has 0 atom stereocenters. The quantitative estimate of drug-likeness (QED) is 0.769. The third-order valence-electron chi connectivity index (χ3n) is 2.93. The fourth-order valence-corrected chi connectivity index (χ4v) is 1.78. The highest BCUT2D eigenvalue weighted by Gasteiger charge is 2.04. The average molecular weight is 252 g/mol. The van der Waals surface area contributed by atoms with Gasteiger partial charge in [0.25, 0.3) is 0 Å². The maximum Gasteiger partial charge on any atom is 0.224 e. The number of likely N-dealkylation sites (N-methyl/N-ethyl adjacent to an activating group) is 1. The highest BCUT2D eigenvalue weighted by molar-refractivity contribution is 5.90. The summed E-state index contributed by atoms with van der Waals surface area (Å²) in [4.78, 5) is 13.8. The predicted octanol–water partition coefficient (Wildman–Crippen LogP) is 1.96. The number of hydrogen-bond acceptors (Lipinski definition) is 3. The first-order valence-corrected chi connectivity index (χ1v) is 6.74. The van der Waals surface area contributed by atoms with E-state index >= 15 is 0 Å². The zero-order valence-electron chi connectivity index (χ0n) is 11.6. The number of amides is 1. The second-order valence-corrected chi connectivity index (χ2v) is 4.32. The molecule has 5 nitrogen and oxygen atoms in total. The first-order valence-electron chi connectivity index (χ1n) is 6.74. The van der Waals surface area contributed by atoms with Gasteiger partial charge in [0.15, 0.2) is 0 Å². The topological polar surface area (TPSA) is 50.2 Å². The molecule has 1 N–H and O–H groups in total. The first kappa shape index (κ1) is 14.7. The molecular formula is C13H24N4O. The first-order chi connectivity index (χ1) is 8.69.